The molecule has 0 bridgehead atoms. The van der Waals surface area contributed by atoms with Crippen LogP contribution in [0.1, 0.15) is 28.7 Å². The fraction of sp³-hybridized carbons (Fsp3) is 0.300. The molecule has 3 N–H and O–H groups in total. The highest BCUT2D eigenvalue weighted by Crippen LogP contribution is 2.31. The van der Waals surface area contributed by atoms with Crippen LogP contribution >= 0.6 is 11.8 Å². The number of aromatic nitrogens is 1. The van der Waals surface area contributed by atoms with E-state index >= 15 is 0 Å². The van der Waals surface area contributed by atoms with Gasteiger partial charge in [-0.05, 0) is 44.2 Å². The number of furan rings is 1. The molecule has 7 heteroatoms. The number of carbonyl (C=O) groups is 1. The van der Waals surface area contributed by atoms with Crippen LogP contribution in [0.3, 0.4) is 0 Å². The van der Waals surface area contributed by atoms with E-state index in [-0.39, 0.29) is 19.1 Å². The van der Waals surface area contributed by atoms with Gasteiger partial charge in [-0.3, -0.25) is 9.78 Å². The van der Waals surface area contributed by atoms with E-state index in [0.717, 1.165) is 16.3 Å². The Hall–Kier alpha value is -2.35. The van der Waals surface area contributed by atoms with Crippen molar-refractivity contribution in [3.05, 3.63) is 59.6 Å². The molecule has 0 fully saturated rings. The molecule has 2 heterocycles. The molecule has 142 valence electrons. The molecule has 0 aliphatic heterocycles. The Morgan fingerprint density at radius 3 is 2.70 bits per heavy atom. The first-order valence-electron chi connectivity index (χ1n) is 8.56. The zero-order valence-corrected chi connectivity index (χ0v) is 16.0. The van der Waals surface area contributed by atoms with Gasteiger partial charge in [-0.15, -0.1) is 11.8 Å². The van der Waals surface area contributed by atoms with Crippen LogP contribution in [0.25, 0.3) is 11.0 Å². The number of benzene rings is 1. The van der Waals surface area contributed by atoms with Gasteiger partial charge in [0.25, 0.3) is 5.91 Å². The lowest BCUT2D eigenvalue weighted by Crippen LogP contribution is -2.51. The third-order valence-corrected chi connectivity index (χ3v) is 5.32. The zero-order valence-electron chi connectivity index (χ0n) is 15.2. The summed E-state index contributed by atoms with van der Waals surface area (Å²) < 4.78 is 5.71. The number of amides is 1. The topological polar surface area (TPSA) is 95.6 Å². The Bertz CT molecular complexity index is 936. The lowest BCUT2D eigenvalue weighted by atomic mass is 10.0. The van der Waals surface area contributed by atoms with Crippen molar-refractivity contribution in [1.82, 2.24) is 10.3 Å². The summed E-state index contributed by atoms with van der Waals surface area (Å²) in [6.07, 6.45) is 1.76. The number of aliphatic hydroxyl groups is 2. The quantitative estimate of drug-likeness (QED) is 0.541. The van der Waals surface area contributed by atoms with E-state index in [4.69, 9.17) is 4.42 Å². The van der Waals surface area contributed by atoms with E-state index < -0.39 is 5.54 Å². The van der Waals surface area contributed by atoms with E-state index in [9.17, 15) is 15.0 Å². The number of aliphatic hydroxyl groups excluding tert-OH is 2. The lowest BCUT2D eigenvalue weighted by Gasteiger charge is -2.26. The Balaban J connectivity index is 1.87. The fourth-order valence-corrected chi connectivity index (χ4v) is 3.53. The van der Waals surface area contributed by atoms with Crippen molar-refractivity contribution in [3.63, 3.8) is 0 Å². The van der Waals surface area contributed by atoms with Gasteiger partial charge in [-0.25, -0.2) is 0 Å². The Labute approximate surface area is 161 Å². The minimum absolute atomic E-state index is 0.366. The van der Waals surface area contributed by atoms with Crippen LogP contribution < -0.4 is 5.32 Å². The Kier molecular flexibility index (Phi) is 5.84. The molecule has 0 radical (unpaired) electrons. The number of nitrogens with one attached hydrogen (secondary N) is 1. The average Bonchev–Trinajstić information content (AvgIpc) is 3.02. The molecule has 0 unspecified atom stereocenters. The van der Waals surface area contributed by atoms with Crippen LogP contribution in [0.5, 0.6) is 0 Å². The third kappa shape index (κ3) is 4.32. The van der Waals surface area contributed by atoms with E-state index in [0.29, 0.717) is 22.3 Å². The first-order chi connectivity index (χ1) is 13.0. The molecular weight excluding hydrogens is 364 g/mol. The Morgan fingerprint density at radius 2 is 2.04 bits per heavy atom. The number of hydrogen-bond donors (Lipinski definition) is 3. The molecule has 0 atom stereocenters. The molecular formula is C20H22N2O4S. The highest BCUT2D eigenvalue weighted by atomic mass is 32.2. The number of nitrogens with zero attached hydrogens (tertiary/aromatic N) is 1. The number of hydrogen-bond acceptors (Lipinski definition) is 6. The molecule has 0 aliphatic carbocycles. The minimum Gasteiger partial charge on any atom is -0.461 e. The van der Waals surface area contributed by atoms with Crippen molar-refractivity contribution in [1.29, 1.82) is 0 Å². The summed E-state index contributed by atoms with van der Waals surface area (Å²) in [5.74, 6) is 0.828. The van der Waals surface area contributed by atoms with Crippen LogP contribution in [0.2, 0.25) is 0 Å². The van der Waals surface area contributed by atoms with Gasteiger partial charge < -0.3 is 19.9 Å². The molecule has 0 saturated carbocycles. The van der Waals surface area contributed by atoms with Gasteiger partial charge in [0.15, 0.2) is 0 Å². The van der Waals surface area contributed by atoms with Gasteiger partial charge in [0.1, 0.15) is 11.3 Å². The van der Waals surface area contributed by atoms with Crippen molar-refractivity contribution in [2.45, 2.75) is 30.0 Å². The van der Waals surface area contributed by atoms with E-state index in [1.165, 1.54) is 0 Å². The smallest absolute Gasteiger partial charge is 0.256 e. The number of pyridine rings is 1. The van der Waals surface area contributed by atoms with Gasteiger partial charge >= 0.3 is 0 Å². The van der Waals surface area contributed by atoms with Gasteiger partial charge in [0, 0.05) is 22.2 Å². The summed E-state index contributed by atoms with van der Waals surface area (Å²) in [7, 11) is 0. The second kappa shape index (κ2) is 8.12. The predicted molar refractivity (Wildman–Crippen MR) is 105 cm³/mol. The molecule has 2 aromatic heterocycles. The number of aryl methyl sites for hydroxylation is 1. The average molecular weight is 386 g/mol. The zero-order chi connectivity index (χ0) is 19.4. The summed E-state index contributed by atoms with van der Waals surface area (Å²) in [6, 6.07) is 11.5. The monoisotopic (exact) mass is 386 g/mol. The maximum atomic E-state index is 12.8. The summed E-state index contributed by atoms with van der Waals surface area (Å²) >= 11 is 1.62. The molecule has 0 saturated heterocycles. The van der Waals surface area contributed by atoms with Gasteiger partial charge in [0.05, 0.1) is 30.0 Å². The van der Waals surface area contributed by atoms with Crippen molar-refractivity contribution < 1.29 is 19.4 Å². The third-order valence-electron chi connectivity index (χ3n) is 4.29. The van der Waals surface area contributed by atoms with E-state index in [1.807, 2.05) is 36.4 Å². The Morgan fingerprint density at radius 1 is 1.26 bits per heavy atom. The second-order valence-corrected chi connectivity index (χ2v) is 7.68. The number of carbonyl (C=O) groups excluding carboxylic acids is 1. The van der Waals surface area contributed by atoms with Crippen molar-refractivity contribution in [2.24, 2.45) is 0 Å². The first kappa shape index (κ1) is 19.4. The molecule has 1 aromatic carbocycles. The van der Waals surface area contributed by atoms with Crippen molar-refractivity contribution >= 4 is 28.6 Å². The van der Waals surface area contributed by atoms with Gasteiger partial charge in [-0.1, -0.05) is 6.07 Å². The molecule has 3 rings (SSSR count). The maximum absolute atomic E-state index is 12.8. The van der Waals surface area contributed by atoms with Crippen LogP contribution in [0.4, 0.5) is 0 Å². The van der Waals surface area contributed by atoms with Gasteiger partial charge in [0.2, 0.25) is 0 Å². The van der Waals surface area contributed by atoms with Crippen molar-refractivity contribution in [3.8, 4) is 0 Å². The minimum atomic E-state index is -1.10. The summed E-state index contributed by atoms with van der Waals surface area (Å²) in [6.45, 7) is 2.58. The second-order valence-electron chi connectivity index (χ2n) is 6.63. The SMILES string of the molecule is Cc1oc2ccc(SCc3ccccn3)cc2c1C(=O)NC(C)(CO)CO. The van der Waals surface area contributed by atoms with Crippen LogP contribution in [-0.4, -0.2) is 39.9 Å². The number of fused-ring (bicyclic) bond motifs is 1. The normalized spacial score (nSPS) is 11.7. The van der Waals surface area contributed by atoms with Crippen molar-refractivity contribution in [2.75, 3.05) is 13.2 Å². The van der Waals surface area contributed by atoms with Gasteiger partial charge in [-0.2, -0.15) is 0 Å². The van der Waals surface area contributed by atoms with E-state index in [1.54, 1.807) is 31.8 Å². The van der Waals surface area contributed by atoms with Crippen LogP contribution in [0.15, 0.2) is 51.9 Å². The molecule has 3 aromatic rings. The number of thioether (sulfide) groups is 1. The molecule has 1 amide bonds. The molecule has 27 heavy (non-hydrogen) atoms. The highest BCUT2D eigenvalue weighted by molar-refractivity contribution is 7.98. The first-order valence-corrected chi connectivity index (χ1v) is 9.54. The van der Waals surface area contributed by atoms with E-state index in [2.05, 4.69) is 10.3 Å². The summed E-state index contributed by atoms with van der Waals surface area (Å²) in [5, 5.41) is 22.3. The largest absolute Gasteiger partial charge is 0.461 e. The molecule has 0 aliphatic rings. The van der Waals surface area contributed by atoms with Crippen LogP contribution in [0, 0.1) is 6.92 Å². The fourth-order valence-electron chi connectivity index (χ4n) is 2.68. The van der Waals surface area contributed by atoms with Crippen LogP contribution in [-0.2, 0) is 5.75 Å². The number of rotatable bonds is 7. The summed E-state index contributed by atoms with van der Waals surface area (Å²) in [5.41, 5.74) is 0.914. The maximum Gasteiger partial charge on any atom is 0.256 e. The molecule has 0 spiro atoms. The lowest BCUT2D eigenvalue weighted by molar-refractivity contribution is 0.0723. The predicted octanol–water partition coefficient (Wildman–Crippen LogP) is 2.90. The molecule has 6 nitrogen and oxygen atoms in total. The standard InChI is InChI=1S/C20H22N2O4S/c1-13-18(19(25)22-20(2,11-23)12-24)16-9-15(6-7-17(16)26-13)27-10-14-5-3-4-8-21-14/h3-9,23-24H,10-12H2,1-2H3,(H,22,25). The summed E-state index contributed by atoms with van der Waals surface area (Å²) in [4.78, 5) is 18.1. The highest BCUT2D eigenvalue weighted by Gasteiger charge is 2.28.